The van der Waals surface area contributed by atoms with Gasteiger partial charge >= 0.3 is 12.0 Å². The van der Waals surface area contributed by atoms with Crippen LogP contribution in [0.25, 0.3) is 10.8 Å². The van der Waals surface area contributed by atoms with Crippen LogP contribution in [-0.2, 0) is 23.9 Å². The fourth-order valence-corrected chi connectivity index (χ4v) is 5.90. The number of aromatic nitrogens is 1. The summed E-state index contributed by atoms with van der Waals surface area (Å²) in [5.74, 6) is -2.82. The van der Waals surface area contributed by atoms with Crippen molar-refractivity contribution < 1.29 is 38.6 Å². The van der Waals surface area contributed by atoms with E-state index in [1.165, 1.54) is 18.3 Å². The molecule has 3 N–H and O–H groups in total. The van der Waals surface area contributed by atoms with Crippen LogP contribution in [-0.4, -0.2) is 77.4 Å². The SMILES string of the molecule is O=C1CC(NC(=O)N2C(=O)[C@@H](NC(=O)c3nccc4ccccc34)CN(C(=O)CO)c3ccccc32)C(OC2CCCC2)O1. The molecule has 1 aromatic heterocycles. The maximum atomic E-state index is 14.1. The number of urea groups is 1. The number of para-hydroxylation sites is 2. The Labute approximate surface area is 252 Å². The van der Waals surface area contributed by atoms with Gasteiger partial charge in [0.25, 0.3) is 17.7 Å². The van der Waals surface area contributed by atoms with Crippen LogP contribution in [0.2, 0.25) is 0 Å². The molecular weight excluding hydrogens is 570 g/mol. The molecule has 2 aliphatic heterocycles. The van der Waals surface area contributed by atoms with E-state index >= 15 is 0 Å². The summed E-state index contributed by atoms with van der Waals surface area (Å²) in [7, 11) is 0. The minimum atomic E-state index is -1.41. The molecule has 2 fully saturated rings. The molecule has 228 valence electrons. The van der Waals surface area contributed by atoms with Crippen LogP contribution in [0.1, 0.15) is 42.6 Å². The third kappa shape index (κ3) is 5.71. The van der Waals surface area contributed by atoms with E-state index < -0.39 is 54.7 Å². The van der Waals surface area contributed by atoms with Gasteiger partial charge in [0, 0.05) is 11.6 Å². The minimum Gasteiger partial charge on any atom is -0.433 e. The number of carbonyl (C=O) groups excluding carboxylic acids is 5. The summed E-state index contributed by atoms with van der Waals surface area (Å²) in [5, 5.41) is 16.4. The molecule has 2 unspecified atom stereocenters. The molecule has 3 atom stereocenters. The number of nitrogens with one attached hydrogen (secondary N) is 2. The van der Waals surface area contributed by atoms with Gasteiger partial charge in [-0.05, 0) is 36.4 Å². The number of fused-ring (bicyclic) bond motifs is 2. The average molecular weight is 602 g/mol. The Morgan fingerprint density at radius 1 is 0.977 bits per heavy atom. The standard InChI is InChI=1S/C31H31N5O8/c37-17-25(38)35-16-22(33-28(40)27-20-10-4-1-7-18(20)13-14-32-27)29(41)36(24-12-6-5-11-23(24)35)31(42)34-21-15-26(39)44-30(21)43-19-8-2-3-9-19/h1,4-7,10-14,19,21-22,30,37H,2-3,8-9,15-17H2,(H,33,40)(H,34,42)/t21?,22-,30?/m0/s1. The number of rotatable bonds is 6. The number of hydrogen-bond acceptors (Lipinski definition) is 9. The number of aliphatic hydroxyl groups excluding tert-OH is 1. The molecule has 3 heterocycles. The molecule has 3 aliphatic rings. The first-order chi connectivity index (χ1) is 21.3. The Morgan fingerprint density at radius 3 is 2.48 bits per heavy atom. The number of ether oxygens (including phenoxy) is 2. The molecule has 1 saturated heterocycles. The van der Waals surface area contributed by atoms with Crippen molar-refractivity contribution in [1.82, 2.24) is 15.6 Å². The second-order valence-corrected chi connectivity index (χ2v) is 10.9. The lowest BCUT2D eigenvalue weighted by molar-refractivity contribution is -0.174. The second-order valence-electron chi connectivity index (χ2n) is 10.9. The van der Waals surface area contributed by atoms with Gasteiger partial charge in [0.05, 0.1) is 30.4 Å². The average Bonchev–Trinajstić information content (AvgIpc) is 3.65. The molecule has 1 aliphatic carbocycles. The van der Waals surface area contributed by atoms with E-state index in [2.05, 4.69) is 15.6 Å². The van der Waals surface area contributed by atoms with Gasteiger partial charge in [-0.15, -0.1) is 0 Å². The van der Waals surface area contributed by atoms with E-state index in [-0.39, 0.29) is 36.1 Å². The molecule has 2 aromatic carbocycles. The van der Waals surface area contributed by atoms with Gasteiger partial charge in [0.1, 0.15) is 24.4 Å². The van der Waals surface area contributed by atoms with E-state index in [0.29, 0.717) is 5.39 Å². The fraction of sp³-hybridized carbons (Fsp3) is 0.355. The fourth-order valence-electron chi connectivity index (χ4n) is 5.90. The van der Waals surface area contributed by atoms with Crippen LogP contribution >= 0.6 is 0 Å². The monoisotopic (exact) mass is 601 g/mol. The molecule has 13 heteroatoms. The van der Waals surface area contributed by atoms with E-state index in [9.17, 15) is 29.1 Å². The summed E-state index contributed by atoms with van der Waals surface area (Å²) in [6.07, 6.45) is 3.80. The Kier molecular flexibility index (Phi) is 8.22. The smallest absolute Gasteiger partial charge is 0.329 e. The number of pyridine rings is 1. The van der Waals surface area contributed by atoms with Crippen LogP contribution < -0.4 is 20.4 Å². The van der Waals surface area contributed by atoms with Crippen LogP contribution in [0.3, 0.4) is 0 Å². The minimum absolute atomic E-state index is 0.0512. The van der Waals surface area contributed by atoms with Gasteiger partial charge in [0.15, 0.2) is 0 Å². The lowest BCUT2D eigenvalue weighted by atomic mass is 10.1. The molecule has 0 spiro atoms. The topological polar surface area (TPSA) is 167 Å². The van der Waals surface area contributed by atoms with Gasteiger partial charge in [0.2, 0.25) is 6.29 Å². The highest BCUT2D eigenvalue weighted by atomic mass is 16.7. The van der Waals surface area contributed by atoms with Gasteiger partial charge in [-0.25, -0.2) is 9.69 Å². The zero-order chi connectivity index (χ0) is 30.8. The molecule has 1 saturated carbocycles. The third-order valence-electron chi connectivity index (χ3n) is 8.03. The van der Waals surface area contributed by atoms with E-state index in [1.807, 2.05) is 12.1 Å². The quantitative estimate of drug-likeness (QED) is 0.358. The van der Waals surface area contributed by atoms with Crippen LogP contribution in [0.5, 0.6) is 0 Å². The number of imide groups is 1. The molecule has 6 rings (SSSR count). The highest BCUT2D eigenvalue weighted by Crippen LogP contribution is 2.34. The molecule has 0 bridgehead atoms. The van der Waals surface area contributed by atoms with Crippen LogP contribution in [0.15, 0.2) is 60.8 Å². The summed E-state index contributed by atoms with van der Waals surface area (Å²) < 4.78 is 11.3. The van der Waals surface area contributed by atoms with E-state index in [1.54, 1.807) is 30.3 Å². The third-order valence-corrected chi connectivity index (χ3v) is 8.03. The summed E-state index contributed by atoms with van der Waals surface area (Å²) in [6, 6.07) is 11.9. The number of hydrogen-bond donors (Lipinski definition) is 3. The van der Waals surface area contributed by atoms with Crippen molar-refractivity contribution >= 4 is 51.9 Å². The highest BCUT2D eigenvalue weighted by molar-refractivity contribution is 6.21. The number of amides is 5. The van der Waals surface area contributed by atoms with Crippen molar-refractivity contribution in [3.63, 3.8) is 0 Å². The van der Waals surface area contributed by atoms with Gasteiger partial charge in [-0.1, -0.05) is 49.2 Å². The van der Waals surface area contributed by atoms with Crippen LogP contribution in [0.4, 0.5) is 16.2 Å². The lowest BCUT2D eigenvalue weighted by Gasteiger charge is -2.27. The summed E-state index contributed by atoms with van der Waals surface area (Å²) in [4.78, 5) is 72.9. The second kappa shape index (κ2) is 12.4. The van der Waals surface area contributed by atoms with E-state index in [0.717, 1.165) is 40.9 Å². The van der Waals surface area contributed by atoms with Crippen molar-refractivity contribution in [3.8, 4) is 0 Å². The number of benzene rings is 2. The number of esters is 1. The normalized spacial score (nSPS) is 22.0. The lowest BCUT2D eigenvalue weighted by Crippen LogP contribution is -2.57. The zero-order valence-corrected chi connectivity index (χ0v) is 23.7. The predicted molar refractivity (Wildman–Crippen MR) is 157 cm³/mol. The molecule has 44 heavy (non-hydrogen) atoms. The zero-order valence-electron chi connectivity index (χ0n) is 23.7. The predicted octanol–water partition coefficient (Wildman–Crippen LogP) is 2.02. The van der Waals surface area contributed by atoms with Gasteiger partial charge in [-0.3, -0.25) is 24.2 Å². The largest absolute Gasteiger partial charge is 0.433 e. The maximum Gasteiger partial charge on any atom is 0.329 e. The van der Waals surface area contributed by atoms with Crippen molar-refractivity contribution in [2.24, 2.45) is 0 Å². The molecule has 5 amide bonds. The van der Waals surface area contributed by atoms with E-state index in [4.69, 9.17) is 9.47 Å². The number of anilines is 2. The first-order valence-electron chi connectivity index (χ1n) is 14.5. The van der Waals surface area contributed by atoms with Gasteiger partial charge in [-0.2, -0.15) is 0 Å². The number of carbonyl (C=O) groups is 5. The number of nitrogens with zero attached hydrogens (tertiary/aromatic N) is 3. The summed E-state index contributed by atoms with van der Waals surface area (Å²) in [6.45, 7) is -1.24. The first-order valence-corrected chi connectivity index (χ1v) is 14.5. The number of cyclic esters (lactones) is 1. The Hall–Kier alpha value is -4.88. The van der Waals surface area contributed by atoms with Crippen LogP contribution in [0, 0.1) is 0 Å². The Balaban J connectivity index is 1.32. The summed E-state index contributed by atoms with van der Waals surface area (Å²) in [5.41, 5.74) is 0.283. The number of aliphatic hydroxyl groups is 1. The van der Waals surface area contributed by atoms with Crippen molar-refractivity contribution in [2.45, 2.75) is 56.6 Å². The Bertz CT molecular complexity index is 1620. The Morgan fingerprint density at radius 2 is 1.70 bits per heavy atom. The molecular formula is C31H31N5O8. The molecule has 13 nitrogen and oxygen atoms in total. The van der Waals surface area contributed by atoms with Crippen molar-refractivity contribution in [1.29, 1.82) is 0 Å². The van der Waals surface area contributed by atoms with Crippen molar-refractivity contribution in [3.05, 3.63) is 66.5 Å². The summed E-state index contributed by atoms with van der Waals surface area (Å²) >= 11 is 0. The maximum absolute atomic E-state index is 14.1. The molecule has 3 aromatic rings. The first kappa shape index (κ1) is 29.2. The highest BCUT2D eigenvalue weighted by Gasteiger charge is 2.44. The van der Waals surface area contributed by atoms with Crippen molar-refractivity contribution in [2.75, 3.05) is 23.0 Å². The van der Waals surface area contributed by atoms with Gasteiger partial charge < -0.3 is 30.1 Å². The molecule has 0 radical (unpaired) electrons.